The van der Waals surface area contributed by atoms with Gasteiger partial charge in [0.05, 0.1) is 19.0 Å². The van der Waals surface area contributed by atoms with Crippen molar-refractivity contribution in [3.63, 3.8) is 0 Å². The molecular formula is C23H31N7O7. The van der Waals surface area contributed by atoms with Crippen LogP contribution in [-0.2, 0) is 36.8 Å². The summed E-state index contributed by atoms with van der Waals surface area (Å²) in [5.41, 5.74) is 12.4. The van der Waals surface area contributed by atoms with Crippen molar-refractivity contribution in [2.24, 2.45) is 11.5 Å². The number of nitrogens with one attached hydrogen (secondary N) is 4. The van der Waals surface area contributed by atoms with Crippen molar-refractivity contribution in [1.29, 1.82) is 0 Å². The van der Waals surface area contributed by atoms with Crippen LogP contribution in [0.2, 0.25) is 0 Å². The lowest BCUT2D eigenvalue weighted by Gasteiger charge is -2.25. The smallest absolute Gasteiger partial charge is 0.328 e. The number of hydrogen-bond acceptors (Lipinski definition) is 8. The Morgan fingerprint density at radius 3 is 2.11 bits per heavy atom. The Hall–Kier alpha value is -4.30. The number of benzene rings is 1. The number of imidazole rings is 1. The number of nitrogens with zero attached hydrogens (tertiary/aromatic N) is 1. The summed E-state index contributed by atoms with van der Waals surface area (Å²) in [5, 5.41) is 25.6. The average molecular weight is 518 g/mol. The molecule has 0 bridgehead atoms. The maximum atomic E-state index is 13.1. The number of aliphatic carboxylic acids is 1. The third-order valence-corrected chi connectivity index (χ3v) is 5.36. The van der Waals surface area contributed by atoms with Gasteiger partial charge in [-0.3, -0.25) is 19.2 Å². The zero-order valence-corrected chi connectivity index (χ0v) is 19.9. The summed E-state index contributed by atoms with van der Waals surface area (Å²) >= 11 is 0. The molecule has 37 heavy (non-hydrogen) atoms. The quantitative estimate of drug-likeness (QED) is 0.122. The van der Waals surface area contributed by atoms with Gasteiger partial charge in [0.1, 0.15) is 18.1 Å². The van der Waals surface area contributed by atoms with E-state index in [9.17, 15) is 29.1 Å². The molecule has 14 heteroatoms. The lowest BCUT2D eigenvalue weighted by Crippen LogP contribution is -2.58. The highest BCUT2D eigenvalue weighted by molar-refractivity contribution is 5.94. The third-order valence-electron chi connectivity index (χ3n) is 5.36. The zero-order chi connectivity index (χ0) is 27.4. The first-order valence-electron chi connectivity index (χ1n) is 11.4. The maximum absolute atomic E-state index is 13.1. The second kappa shape index (κ2) is 14.3. The highest BCUT2D eigenvalue weighted by Crippen LogP contribution is 2.07. The largest absolute Gasteiger partial charge is 0.480 e. The van der Waals surface area contributed by atoms with E-state index in [-0.39, 0.29) is 25.7 Å². The highest BCUT2D eigenvalue weighted by atomic mass is 16.4. The van der Waals surface area contributed by atoms with Gasteiger partial charge in [0.2, 0.25) is 23.6 Å². The van der Waals surface area contributed by atoms with E-state index in [1.54, 1.807) is 30.3 Å². The number of aliphatic hydroxyl groups excluding tert-OH is 1. The fourth-order valence-electron chi connectivity index (χ4n) is 3.35. The second-order valence-electron chi connectivity index (χ2n) is 8.29. The molecule has 0 fully saturated rings. The van der Waals surface area contributed by atoms with Crippen LogP contribution in [0.1, 0.15) is 24.1 Å². The molecule has 0 spiro atoms. The molecule has 2 rings (SSSR count). The molecule has 1 heterocycles. The number of primary amides is 1. The van der Waals surface area contributed by atoms with Crippen LogP contribution in [0.15, 0.2) is 42.9 Å². The van der Waals surface area contributed by atoms with Gasteiger partial charge < -0.3 is 42.6 Å². The minimum Gasteiger partial charge on any atom is -0.480 e. The molecule has 0 radical (unpaired) electrons. The lowest BCUT2D eigenvalue weighted by molar-refractivity contribution is -0.143. The SMILES string of the molecule is NC(=O)CCC(NC(=O)C(N)Cc1cnc[nH]1)C(=O)NC(Cc1ccccc1)C(=O)NC(CO)C(=O)O. The average Bonchev–Trinajstić information content (AvgIpc) is 3.37. The fourth-order valence-corrected chi connectivity index (χ4v) is 3.35. The number of aromatic amines is 1. The monoisotopic (exact) mass is 517 g/mol. The number of carbonyl (C=O) groups is 5. The van der Waals surface area contributed by atoms with Crippen LogP contribution in [0.3, 0.4) is 0 Å². The van der Waals surface area contributed by atoms with Gasteiger partial charge in [0, 0.05) is 31.2 Å². The van der Waals surface area contributed by atoms with E-state index in [0.717, 1.165) is 0 Å². The van der Waals surface area contributed by atoms with E-state index in [2.05, 4.69) is 25.9 Å². The molecule has 10 N–H and O–H groups in total. The van der Waals surface area contributed by atoms with Crippen LogP contribution in [0, 0.1) is 0 Å². The van der Waals surface area contributed by atoms with E-state index < -0.39 is 60.4 Å². The zero-order valence-electron chi connectivity index (χ0n) is 19.9. The van der Waals surface area contributed by atoms with Gasteiger partial charge in [-0.1, -0.05) is 30.3 Å². The summed E-state index contributed by atoms with van der Waals surface area (Å²) in [5.74, 6) is -4.53. The molecule has 0 aliphatic rings. The molecule has 1 aromatic carbocycles. The Morgan fingerprint density at radius 2 is 1.54 bits per heavy atom. The standard InChI is InChI=1S/C23H31N7O7/c24-15(9-14-10-26-12-27-14)20(33)28-16(6-7-19(25)32)21(34)29-17(8-13-4-2-1-3-5-13)22(35)30-18(11-31)23(36)37/h1-5,10,12,15-18,31H,6-9,11,24H2,(H2,25,32)(H,26,27)(H,28,33)(H,29,34)(H,30,35)(H,36,37). The normalized spacial score (nSPS) is 14.0. The minimum atomic E-state index is -1.59. The lowest BCUT2D eigenvalue weighted by atomic mass is 10.0. The Morgan fingerprint density at radius 1 is 0.919 bits per heavy atom. The van der Waals surface area contributed by atoms with Crippen molar-refractivity contribution in [3.8, 4) is 0 Å². The summed E-state index contributed by atoms with van der Waals surface area (Å²) in [6.07, 6.45) is 2.59. The van der Waals surface area contributed by atoms with E-state index in [1.165, 1.54) is 12.5 Å². The molecule has 0 aliphatic carbocycles. The molecule has 200 valence electrons. The highest BCUT2D eigenvalue weighted by Gasteiger charge is 2.30. The number of aliphatic hydroxyl groups is 1. The first kappa shape index (κ1) is 28.9. The van der Waals surface area contributed by atoms with E-state index in [0.29, 0.717) is 11.3 Å². The van der Waals surface area contributed by atoms with Crippen molar-refractivity contribution >= 4 is 29.6 Å². The summed E-state index contributed by atoms with van der Waals surface area (Å²) in [4.78, 5) is 67.9. The molecule has 4 atom stereocenters. The summed E-state index contributed by atoms with van der Waals surface area (Å²) in [6.45, 7) is -0.863. The summed E-state index contributed by atoms with van der Waals surface area (Å²) in [7, 11) is 0. The molecule has 0 saturated heterocycles. The topological polar surface area (TPSA) is 243 Å². The Bertz CT molecular complexity index is 1060. The predicted molar refractivity (Wildman–Crippen MR) is 129 cm³/mol. The van der Waals surface area contributed by atoms with Crippen LogP contribution in [0.5, 0.6) is 0 Å². The molecule has 0 aliphatic heterocycles. The number of carbonyl (C=O) groups excluding carboxylic acids is 4. The van der Waals surface area contributed by atoms with Gasteiger partial charge in [-0.2, -0.15) is 0 Å². The second-order valence-corrected chi connectivity index (χ2v) is 8.29. The number of nitrogens with two attached hydrogens (primary N) is 2. The number of hydrogen-bond donors (Lipinski definition) is 8. The Kier molecular flexibility index (Phi) is 11.2. The predicted octanol–water partition coefficient (Wildman–Crippen LogP) is -2.68. The fraction of sp³-hybridized carbons (Fsp3) is 0.391. The first-order valence-corrected chi connectivity index (χ1v) is 11.4. The van der Waals surface area contributed by atoms with Crippen molar-refractivity contribution in [2.45, 2.75) is 49.9 Å². The van der Waals surface area contributed by atoms with Crippen LogP contribution < -0.4 is 27.4 Å². The molecule has 0 saturated carbocycles. The molecule has 2 aromatic rings. The number of rotatable bonds is 15. The van der Waals surface area contributed by atoms with Crippen molar-refractivity contribution < 1.29 is 34.2 Å². The third kappa shape index (κ3) is 9.70. The molecular weight excluding hydrogens is 486 g/mol. The summed E-state index contributed by atoms with van der Waals surface area (Å²) in [6, 6.07) is 3.42. The van der Waals surface area contributed by atoms with Crippen LogP contribution in [0.25, 0.3) is 0 Å². The van der Waals surface area contributed by atoms with Crippen LogP contribution in [-0.4, -0.2) is 80.6 Å². The van der Waals surface area contributed by atoms with Gasteiger partial charge in [0.15, 0.2) is 0 Å². The Labute approximate surface area is 212 Å². The van der Waals surface area contributed by atoms with Crippen LogP contribution in [0.4, 0.5) is 0 Å². The molecule has 1 aromatic heterocycles. The van der Waals surface area contributed by atoms with Crippen LogP contribution >= 0.6 is 0 Å². The molecule has 4 amide bonds. The summed E-state index contributed by atoms with van der Waals surface area (Å²) < 4.78 is 0. The van der Waals surface area contributed by atoms with Crippen molar-refractivity contribution in [3.05, 3.63) is 54.1 Å². The van der Waals surface area contributed by atoms with Gasteiger partial charge in [-0.05, 0) is 12.0 Å². The molecule has 14 nitrogen and oxygen atoms in total. The first-order chi connectivity index (χ1) is 17.6. The van der Waals surface area contributed by atoms with E-state index in [1.807, 2.05) is 0 Å². The maximum Gasteiger partial charge on any atom is 0.328 e. The minimum absolute atomic E-state index is 0.0218. The molecule has 4 unspecified atom stereocenters. The number of amides is 4. The van der Waals surface area contributed by atoms with E-state index in [4.69, 9.17) is 16.6 Å². The van der Waals surface area contributed by atoms with Gasteiger partial charge in [0.25, 0.3) is 0 Å². The van der Waals surface area contributed by atoms with E-state index >= 15 is 0 Å². The number of aromatic nitrogens is 2. The van der Waals surface area contributed by atoms with Gasteiger partial charge in [-0.15, -0.1) is 0 Å². The Balaban J connectivity index is 2.19. The van der Waals surface area contributed by atoms with Gasteiger partial charge in [-0.25, -0.2) is 9.78 Å². The number of H-pyrrole nitrogens is 1. The van der Waals surface area contributed by atoms with Gasteiger partial charge >= 0.3 is 5.97 Å². The number of carboxylic acid groups (broad SMARTS) is 1. The number of carboxylic acids is 1. The van der Waals surface area contributed by atoms with Crippen molar-refractivity contribution in [1.82, 2.24) is 25.9 Å². The van der Waals surface area contributed by atoms with Crippen molar-refractivity contribution in [2.75, 3.05) is 6.61 Å².